The summed E-state index contributed by atoms with van der Waals surface area (Å²) in [5.74, 6) is -2.26. The molecule has 21 nitrogen and oxygen atoms in total. The summed E-state index contributed by atoms with van der Waals surface area (Å²) in [6, 6.07) is 7.11. The van der Waals surface area contributed by atoms with Gasteiger partial charge in [0.1, 0.15) is 101 Å². The summed E-state index contributed by atoms with van der Waals surface area (Å²) in [5.41, 5.74) is -1.14. The van der Waals surface area contributed by atoms with Crippen LogP contribution in [0, 0.1) is 0 Å². The highest BCUT2D eigenvalue weighted by molar-refractivity contribution is 5.88. The van der Waals surface area contributed by atoms with E-state index in [4.69, 9.17) is 32.8 Å². The maximum Gasteiger partial charge on any atom is 0.239 e. The fourth-order valence-electron chi connectivity index (χ4n) is 6.33. The zero-order valence-electron chi connectivity index (χ0n) is 27.8. The maximum absolute atomic E-state index is 13.7. The number of hydrogen-bond acceptors (Lipinski definition) is 21. The topological polar surface area (TPSA) is 349 Å². The van der Waals surface area contributed by atoms with Gasteiger partial charge in [-0.25, -0.2) is 0 Å². The Morgan fingerprint density at radius 3 is 1.83 bits per heavy atom. The summed E-state index contributed by atoms with van der Waals surface area (Å²) in [7, 11) is 0. The molecule has 0 aliphatic carbocycles. The number of aliphatic hydroxyl groups is 10. The molecule has 0 amide bonds. The van der Waals surface area contributed by atoms with Gasteiger partial charge in [-0.1, -0.05) is 0 Å². The van der Waals surface area contributed by atoms with Crippen LogP contribution in [0.15, 0.2) is 45.6 Å². The Balaban J connectivity index is 1.19. The van der Waals surface area contributed by atoms with Crippen molar-refractivity contribution >= 4 is 11.0 Å². The molecule has 3 fully saturated rings. The first kappa shape index (κ1) is 39.9. The first-order chi connectivity index (χ1) is 25.6. The normalized spacial score (nSPS) is 37.3. The van der Waals surface area contributed by atoms with Crippen LogP contribution in [0.2, 0.25) is 0 Å². The van der Waals surface area contributed by atoms with Crippen molar-refractivity contribution in [3.8, 4) is 34.3 Å². The lowest BCUT2D eigenvalue weighted by Crippen LogP contribution is -2.65. The first-order valence-corrected chi connectivity index (χ1v) is 16.5. The molecule has 4 heterocycles. The number of hydrogen-bond donors (Lipinski definition) is 13. The largest absolute Gasteiger partial charge is 0.508 e. The highest BCUT2D eigenvalue weighted by atomic mass is 16.8. The van der Waals surface area contributed by atoms with Crippen LogP contribution in [0.25, 0.3) is 22.3 Å². The fraction of sp³-hybridized carbons (Fsp3) is 0.545. The SMILES string of the molecule is O=c1c(O[C@@H]2OC(CO[C@@H]3OC(CO)[C@@H](O[C@@H]4OC(CO)[C@@H](O)[C@H](O)C4O)[C@H](O)C3O)[C@@H](O)C(O)C2O)c(-c2ccc(O)cc2)oc2cc(O)cc(O)c12. The van der Waals surface area contributed by atoms with Crippen molar-refractivity contribution in [1.29, 1.82) is 0 Å². The number of rotatable bonds is 10. The van der Waals surface area contributed by atoms with Crippen LogP contribution in [0.4, 0.5) is 0 Å². The third kappa shape index (κ3) is 7.58. The van der Waals surface area contributed by atoms with E-state index in [0.717, 1.165) is 12.1 Å². The van der Waals surface area contributed by atoms with E-state index in [0.29, 0.717) is 0 Å². The third-order valence-electron chi connectivity index (χ3n) is 9.33. The molecule has 3 aliphatic rings. The van der Waals surface area contributed by atoms with Crippen molar-refractivity contribution in [1.82, 2.24) is 0 Å². The number of aromatic hydroxyl groups is 3. The molecule has 0 saturated carbocycles. The lowest BCUT2D eigenvalue weighted by molar-refractivity contribution is -0.363. The number of phenolic OH excluding ortho intramolecular Hbond substituents is 3. The predicted octanol–water partition coefficient (Wildman–Crippen LogP) is -4.60. The van der Waals surface area contributed by atoms with Gasteiger partial charge in [0.25, 0.3) is 0 Å². The summed E-state index contributed by atoms with van der Waals surface area (Å²) < 4.78 is 39.1. The Morgan fingerprint density at radius 1 is 0.611 bits per heavy atom. The minimum absolute atomic E-state index is 0.143. The number of aliphatic hydroxyl groups excluding tert-OH is 10. The quantitative estimate of drug-likeness (QED) is 0.0922. The van der Waals surface area contributed by atoms with Crippen LogP contribution in [0.1, 0.15) is 0 Å². The zero-order valence-corrected chi connectivity index (χ0v) is 27.8. The van der Waals surface area contributed by atoms with Gasteiger partial charge in [0.15, 0.2) is 18.3 Å². The third-order valence-corrected chi connectivity index (χ3v) is 9.33. The summed E-state index contributed by atoms with van der Waals surface area (Å²) in [6.45, 7) is -2.41. The summed E-state index contributed by atoms with van der Waals surface area (Å²) in [6.07, 6.45) is -26.9. The molecule has 3 saturated heterocycles. The number of benzene rings is 2. The van der Waals surface area contributed by atoms with Crippen molar-refractivity contribution in [2.45, 2.75) is 92.1 Å². The summed E-state index contributed by atoms with van der Waals surface area (Å²) in [4.78, 5) is 13.7. The highest BCUT2D eigenvalue weighted by Crippen LogP contribution is 2.38. The Labute approximate surface area is 303 Å². The standard InChI is InChI=1S/C33H40O21/c34-7-15-19(39)22(42)25(45)32(50-15)53-29-16(8-35)51-31(27(47)24(29)44)48-9-17-20(40)23(43)26(46)33(52-17)54-30-21(41)18-13(38)5-12(37)6-14(18)49-28(30)10-1-3-11(36)4-2-10/h1-6,15-17,19-20,22-27,29,31-40,42-47H,7-9H2/t15?,16?,17?,19-,20-,22+,23?,24-,25?,26?,27?,29-,31-,32+,33+/m1/s1. The van der Waals surface area contributed by atoms with Gasteiger partial charge in [-0.3, -0.25) is 4.79 Å². The zero-order chi connectivity index (χ0) is 39.2. The van der Waals surface area contributed by atoms with E-state index >= 15 is 0 Å². The van der Waals surface area contributed by atoms with Crippen molar-refractivity contribution in [3.63, 3.8) is 0 Å². The molecule has 13 N–H and O–H groups in total. The average molecular weight is 773 g/mol. The van der Waals surface area contributed by atoms with E-state index in [9.17, 15) is 71.2 Å². The second-order valence-electron chi connectivity index (χ2n) is 12.9. The molecule has 298 valence electrons. The molecule has 21 heteroatoms. The molecule has 3 aliphatic heterocycles. The van der Waals surface area contributed by atoms with E-state index in [1.165, 1.54) is 24.3 Å². The van der Waals surface area contributed by atoms with E-state index < -0.39 is 140 Å². The monoisotopic (exact) mass is 772 g/mol. The van der Waals surface area contributed by atoms with Crippen LogP contribution in [0.3, 0.4) is 0 Å². The summed E-state index contributed by atoms with van der Waals surface area (Å²) in [5, 5.41) is 134. The van der Waals surface area contributed by atoms with E-state index in [1.54, 1.807) is 0 Å². The van der Waals surface area contributed by atoms with Crippen LogP contribution < -0.4 is 10.2 Å². The highest BCUT2D eigenvalue weighted by Gasteiger charge is 2.52. The van der Waals surface area contributed by atoms with Crippen molar-refractivity contribution in [2.24, 2.45) is 0 Å². The molecular weight excluding hydrogens is 732 g/mol. The molecule has 54 heavy (non-hydrogen) atoms. The Morgan fingerprint density at radius 2 is 1.19 bits per heavy atom. The van der Waals surface area contributed by atoms with Crippen molar-refractivity contribution in [3.05, 3.63) is 46.6 Å². The van der Waals surface area contributed by atoms with Gasteiger partial charge in [-0.05, 0) is 24.3 Å². The number of ether oxygens (including phenoxy) is 6. The lowest BCUT2D eigenvalue weighted by atomic mass is 9.97. The van der Waals surface area contributed by atoms with E-state index in [1.807, 2.05) is 0 Å². The van der Waals surface area contributed by atoms with Crippen LogP contribution >= 0.6 is 0 Å². The number of fused-ring (bicyclic) bond motifs is 1. The fourth-order valence-corrected chi connectivity index (χ4v) is 6.33. The van der Waals surface area contributed by atoms with Gasteiger partial charge in [-0.15, -0.1) is 0 Å². The van der Waals surface area contributed by atoms with Gasteiger partial charge in [0.2, 0.25) is 17.5 Å². The molecule has 2 aromatic carbocycles. The van der Waals surface area contributed by atoms with Crippen LogP contribution in [0.5, 0.6) is 23.0 Å². The molecule has 1 aromatic heterocycles. The van der Waals surface area contributed by atoms with Gasteiger partial charge in [-0.2, -0.15) is 0 Å². The molecule has 6 rings (SSSR count). The van der Waals surface area contributed by atoms with Gasteiger partial charge >= 0.3 is 0 Å². The van der Waals surface area contributed by atoms with Gasteiger partial charge < -0.3 is 99.2 Å². The molecule has 3 aromatic rings. The molecule has 0 spiro atoms. The van der Waals surface area contributed by atoms with Crippen LogP contribution in [-0.2, 0) is 23.7 Å². The predicted molar refractivity (Wildman–Crippen MR) is 173 cm³/mol. The Bertz CT molecular complexity index is 1800. The van der Waals surface area contributed by atoms with Crippen molar-refractivity contribution < 1.29 is 99.2 Å². The molecule has 0 radical (unpaired) electrons. The smallest absolute Gasteiger partial charge is 0.239 e. The molecular formula is C33H40O21. The Kier molecular flexibility index (Phi) is 11.9. The first-order valence-electron chi connectivity index (χ1n) is 16.5. The van der Waals surface area contributed by atoms with Crippen molar-refractivity contribution in [2.75, 3.05) is 19.8 Å². The van der Waals surface area contributed by atoms with E-state index in [2.05, 4.69) is 0 Å². The minimum atomic E-state index is -2.02. The maximum atomic E-state index is 13.7. The van der Waals surface area contributed by atoms with Crippen LogP contribution in [-0.4, -0.2) is 178 Å². The minimum Gasteiger partial charge on any atom is -0.508 e. The van der Waals surface area contributed by atoms with E-state index in [-0.39, 0.29) is 22.7 Å². The van der Waals surface area contributed by atoms with Gasteiger partial charge in [0.05, 0.1) is 19.8 Å². The van der Waals surface area contributed by atoms with Gasteiger partial charge in [0, 0.05) is 17.7 Å². The second-order valence-corrected chi connectivity index (χ2v) is 12.9. The molecule has 15 atom stereocenters. The summed E-state index contributed by atoms with van der Waals surface area (Å²) >= 11 is 0. The lowest BCUT2D eigenvalue weighted by Gasteiger charge is -2.46. The Hall–Kier alpha value is -3.75. The second kappa shape index (κ2) is 16.2. The molecule has 0 bridgehead atoms. The average Bonchev–Trinajstić information content (AvgIpc) is 3.14. The number of phenols is 3. The molecule has 7 unspecified atom stereocenters.